The Balaban J connectivity index is 1.18. The second-order valence-corrected chi connectivity index (χ2v) is 12.3. The van der Waals surface area contributed by atoms with Gasteiger partial charge < -0.3 is 26.0 Å². The summed E-state index contributed by atoms with van der Waals surface area (Å²) in [7, 11) is 3.13. The Kier molecular flexibility index (Phi) is 11.4. The second kappa shape index (κ2) is 16.1. The molecule has 50 heavy (non-hydrogen) atoms. The molecule has 12 heteroatoms. The Hall–Kier alpha value is -5.80. The normalized spacial score (nSPS) is 16.6. The van der Waals surface area contributed by atoms with Gasteiger partial charge in [0.2, 0.25) is 11.8 Å². The number of carbonyl (C=O) groups is 2. The Labute approximate surface area is 292 Å². The SMILES string of the molecule is CCN(C(=O)[C@@H]1CCN(CC(=O)N2CC=C(c3ccc(C(N)=NC=NC)cc3)CC2)C1)c1ccc(N)c(C(=N)c2ccc(OC)c(C#N)c2)c1. The molecular weight excluding hydrogens is 630 g/mol. The van der Waals surface area contributed by atoms with E-state index in [1.165, 1.54) is 19.0 Å². The average Bonchev–Trinajstić information content (AvgIpc) is 3.62. The maximum atomic E-state index is 13.8. The number of anilines is 2. The summed E-state index contributed by atoms with van der Waals surface area (Å²) >= 11 is 0. The zero-order chi connectivity index (χ0) is 35.8. The lowest BCUT2D eigenvalue weighted by Gasteiger charge is -2.29. The third-order valence-corrected chi connectivity index (χ3v) is 9.21. The molecule has 2 heterocycles. The maximum absolute atomic E-state index is 13.8. The highest BCUT2D eigenvalue weighted by molar-refractivity contribution is 6.15. The van der Waals surface area contributed by atoms with E-state index in [0.717, 1.165) is 17.5 Å². The van der Waals surface area contributed by atoms with Crippen molar-refractivity contribution in [2.75, 3.05) is 64.1 Å². The Bertz CT molecular complexity index is 1890. The number of hydrogen-bond donors (Lipinski definition) is 3. The minimum absolute atomic E-state index is 0.0241. The molecule has 0 aromatic heterocycles. The van der Waals surface area contributed by atoms with Crippen LogP contribution in [-0.4, -0.2) is 92.9 Å². The third-order valence-electron chi connectivity index (χ3n) is 9.21. The van der Waals surface area contributed by atoms with Gasteiger partial charge in [0.05, 0.1) is 30.8 Å². The first-order chi connectivity index (χ1) is 24.2. The molecule has 2 aliphatic heterocycles. The van der Waals surface area contributed by atoms with Gasteiger partial charge in [0.25, 0.3) is 0 Å². The predicted molar refractivity (Wildman–Crippen MR) is 198 cm³/mol. The fraction of sp³-hybridized carbons (Fsp3) is 0.316. The highest BCUT2D eigenvalue weighted by Crippen LogP contribution is 2.29. The number of nitrogen functional groups attached to an aromatic ring is 1. The van der Waals surface area contributed by atoms with Crippen LogP contribution in [0.1, 0.15) is 47.6 Å². The monoisotopic (exact) mass is 673 g/mol. The molecule has 3 aromatic rings. The van der Waals surface area contributed by atoms with Crippen molar-refractivity contribution in [1.29, 1.82) is 10.7 Å². The highest BCUT2D eigenvalue weighted by atomic mass is 16.5. The van der Waals surface area contributed by atoms with Crippen LogP contribution in [0.5, 0.6) is 5.75 Å². The van der Waals surface area contributed by atoms with Crippen molar-refractivity contribution >= 4 is 46.6 Å². The fourth-order valence-corrected chi connectivity index (χ4v) is 6.40. The van der Waals surface area contributed by atoms with E-state index in [1.807, 2.05) is 36.1 Å². The van der Waals surface area contributed by atoms with Crippen LogP contribution in [0.25, 0.3) is 5.57 Å². The van der Waals surface area contributed by atoms with Gasteiger partial charge in [-0.15, -0.1) is 0 Å². The summed E-state index contributed by atoms with van der Waals surface area (Å²) in [5.41, 5.74) is 17.9. The number of ether oxygens (including phenoxy) is 1. The van der Waals surface area contributed by atoms with Crippen LogP contribution in [0.15, 0.2) is 76.7 Å². The number of methoxy groups -OCH3 is 1. The van der Waals surface area contributed by atoms with E-state index in [4.69, 9.17) is 21.6 Å². The van der Waals surface area contributed by atoms with Crippen LogP contribution >= 0.6 is 0 Å². The van der Waals surface area contributed by atoms with Gasteiger partial charge in [-0.3, -0.25) is 24.9 Å². The van der Waals surface area contributed by atoms with Crippen molar-refractivity contribution in [3.8, 4) is 11.8 Å². The number of amides is 2. The summed E-state index contributed by atoms with van der Waals surface area (Å²) in [6, 6.07) is 20.2. The summed E-state index contributed by atoms with van der Waals surface area (Å²) in [6.45, 7) is 4.94. The van der Waals surface area contributed by atoms with E-state index in [1.54, 1.807) is 48.3 Å². The van der Waals surface area contributed by atoms with Gasteiger partial charge in [0.1, 0.15) is 24.0 Å². The molecule has 0 radical (unpaired) electrons. The zero-order valence-electron chi connectivity index (χ0n) is 28.7. The van der Waals surface area contributed by atoms with Crippen LogP contribution in [0.2, 0.25) is 0 Å². The molecule has 1 fully saturated rings. The summed E-state index contributed by atoms with van der Waals surface area (Å²) < 4.78 is 5.24. The Morgan fingerprint density at radius 2 is 1.88 bits per heavy atom. The summed E-state index contributed by atoms with van der Waals surface area (Å²) in [6.07, 6.45) is 4.93. The van der Waals surface area contributed by atoms with Crippen LogP contribution < -0.4 is 21.1 Å². The van der Waals surface area contributed by atoms with Gasteiger partial charge in [-0.25, -0.2) is 4.99 Å². The molecule has 0 spiro atoms. The van der Waals surface area contributed by atoms with Crippen molar-refractivity contribution in [2.24, 2.45) is 21.6 Å². The van der Waals surface area contributed by atoms with E-state index in [9.17, 15) is 14.9 Å². The lowest BCUT2D eigenvalue weighted by Crippen LogP contribution is -2.42. The molecule has 0 unspecified atom stereocenters. The van der Waals surface area contributed by atoms with Crippen molar-refractivity contribution < 1.29 is 14.3 Å². The molecule has 5 rings (SSSR count). The Morgan fingerprint density at radius 3 is 2.54 bits per heavy atom. The number of benzene rings is 3. The quantitative estimate of drug-likeness (QED) is 0.157. The summed E-state index contributed by atoms with van der Waals surface area (Å²) in [5, 5.41) is 18.4. The lowest BCUT2D eigenvalue weighted by atomic mass is 9.98. The maximum Gasteiger partial charge on any atom is 0.237 e. The molecule has 1 saturated heterocycles. The minimum Gasteiger partial charge on any atom is -0.495 e. The van der Waals surface area contributed by atoms with Gasteiger partial charge in [-0.2, -0.15) is 5.26 Å². The fourth-order valence-electron chi connectivity index (χ4n) is 6.40. The molecule has 1 atom stereocenters. The van der Waals surface area contributed by atoms with E-state index in [2.05, 4.69) is 27.0 Å². The molecular formula is C38H43N9O3. The molecule has 258 valence electrons. The number of nitriles is 1. The number of nitrogens with zero attached hydrogens (tertiary/aromatic N) is 6. The number of nitrogens with one attached hydrogen (secondary N) is 1. The molecule has 0 bridgehead atoms. The average molecular weight is 674 g/mol. The first kappa shape index (κ1) is 35.5. The molecule has 3 aromatic carbocycles. The smallest absolute Gasteiger partial charge is 0.237 e. The van der Waals surface area contributed by atoms with Crippen molar-refractivity contribution in [3.05, 3.63) is 94.6 Å². The van der Waals surface area contributed by atoms with E-state index in [0.29, 0.717) is 78.8 Å². The molecule has 0 aliphatic carbocycles. The van der Waals surface area contributed by atoms with Gasteiger partial charge in [0, 0.05) is 61.3 Å². The summed E-state index contributed by atoms with van der Waals surface area (Å²) in [5.74, 6) is 0.605. The molecule has 2 amide bonds. The number of nitrogens with two attached hydrogens (primary N) is 2. The largest absolute Gasteiger partial charge is 0.495 e. The number of hydrogen-bond acceptors (Lipinski definition) is 8. The Morgan fingerprint density at radius 1 is 1.12 bits per heavy atom. The van der Waals surface area contributed by atoms with E-state index >= 15 is 0 Å². The first-order valence-corrected chi connectivity index (χ1v) is 16.6. The molecule has 0 saturated carbocycles. The second-order valence-electron chi connectivity index (χ2n) is 12.3. The van der Waals surface area contributed by atoms with Crippen molar-refractivity contribution in [1.82, 2.24) is 9.80 Å². The van der Waals surface area contributed by atoms with Gasteiger partial charge >= 0.3 is 0 Å². The zero-order valence-corrected chi connectivity index (χ0v) is 28.7. The van der Waals surface area contributed by atoms with Crippen molar-refractivity contribution in [2.45, 2.75) is 19.8 Å². The van der Waals surface area contributed by atoms with E-state index < -0.39 is 0 Å². The number of carbonyl (C=O) groups excluding carboxylic acids is 2. The van der Waals surface area contributed by atoms with Crippen molar-refractivity contribution in [3.63, 3.8) is 0 Å². The van der Waals surface area contributed by atoms with Gasteiger partial charge in [-0.1, -0.05) is 30.3 Å². The predicted octanol–water partition coefficient (Wildman–Crippen LogP) is 3.92. The van der Waals surface area contributed by atoms with Crippen LogP contribution in [0.4, 0.5) is 11.4 Å². The number of aliphatic imine (C=N–C) groups is 2. The minimum atomic E-state index is -0.257. The third kappa shape index (κ3) is 7.90. The van der Waals surface area contributed by atoms with Gasteiger partial charge in [0.15, 0.2) is 0 Å². The number of rotatable bonds is 11. The lowest BCUT2D eigenvalue weighted by molar-refractivity contribution is -0.132. The van der Waals surface area contributed by atoms with Crippen LogP contribution in [0.3, 0.4) is 0 Å². The number of likely N-dealkylation sites (tertiary alicyclic amines) is 1. The molecule has 2 aliphatic rings. The van der Waals surface area contributed by atoms with Crippen LogP contribution in [0, 0.1) is 22.7 Å². The standard InChI is InChI=1S/C38H43N9O3/c1-4-47(31-10-11-33(40)32(20-31)36(41)28-9-12-34(50-3)30(19-28)21-39)38(49)29-13-16-45(22-29)23-35(48)46-17-14-26(15-18-46)25-5-7-27(8-6-25)37(42)44-24-43-2/h5-12,14,19-20,24,29,41H,4,13,15-18,22-23,40H2,1-3H3,(H2,42,43,44)/t29-/m1/s1. The highest BCUT2D eigenvalue weighted by Gasteiger charge is 2.33. The molecule has 5 N–H and O–H groups in total. The van der Waals surface area contributed by atoms with E-state index in [-0.39, 0.29) is 30.0 Å². The first-order valence-electron chi connectivity index (χ1n) is 16.6. The topological polar surface area (TPSA) is 177 Å². The van der Waals surface area contributed by atoms with Crippen LogP contribution in [-0.2, 0) is 9.59 Å². The summed E-state index contributed by atoms with van der Waals surface area (Å²) in [4.78, 5) is 40.7. The number of amidine groups is 1. The van der Waals surface area contributed by atoms with Gasteiger partial charge in [-0.05, 0) is 73.8 Å². The molecule has 12 nitrogen and oxygen atoms in total.